The van der Waals surface area contributed by atoms with Gasteiger partial charge in [0.15, 0.2) is 0 Å². The van der Waals surface area contributed by atoms with Crippen LogP contribution in [0.1, 0.15) is 142 Å². The van der Waals surface area contributed by atoms with Gasteiger partial charge in [-0.05, 0) is 19.3 Å². The van der Waals surface area contributed by atoms with Crippen LogP contribution in [0.15, 0.2) is 0 Å². The molecule has 0 spiro atoms. The Hall–Kier alpha value is -0.130. The van der Waals surface area contributed by atoms with E-state index in [0.29, 0.717) is 12.8 Å². The third-order valence-corrected chi connectivity index (χ3v) is 7.25. The minimum atomic E-state index is -4.06. The van der Waals surface area contributed by atoms with E-state index in [2.05, 4.69) is 6.92 Å². The van der Waals surface area contributed by atoms with Gasteiger partial charge in [-0.1, -0.05) is 123 Å². The fourth-order valence-electron chi connectivity index (χ4n) is 3.99. The highest BCUT2D eigenvalue weighted by Crippen LogP contribution is 2.19. The molecule has 29 heavy (non-hydrogen) atoms. The zero-order chi connectivity index (χ0) is 21.8. The minimum absolute atomic E-state index is 0.164. The maximum Gasteiger partial charge on any atom is 0.267 e. The standard InChI is InChI=1S/C24H50O4S/c1-3-5-7-8-9-10-11-12-13-14-15-16-17-18-19-21-24(29(26,27)28)22-23(25)20-6-4-2/h23-25H,3-22H2,1-2H3,(H,26,27,28). The summed E-state index contributed by atoms with van der Waals surface area (Å²) in [5, 5.41) is 9.16. The molecular weight excluding hydrogens is 384 g/mol. The SMILES string of the molecule is CCCCCCCCCCCCCCCCCC(CC(O)CCCC)S(=O)(=O)O. The molecule has 0 aliphatic carbocycles. The Bertz CT molecular complexity index is 436. The third kappa shape index (κ3) is 19.6. The van der Waals surface area contributed by atoms with Crippen molar-refractivity contribution >= 4 is 10.1 Å². The lowest BCUT2D eigenvalue weighted by Gasteiger charge is -2.17. The van der Waals surface area contributed by atoms with E-state index in [1.807, 2.05) is 6.92 Å². The Labute approximate surface area is 182 Å². The summed E-state index contributed by atoms with van der Waals surface area (Å²) in [6.45, 7) is 4.31. The topological polar surface area (TPSA) is 74.6 Å². The quantitative estimate of drug-likeness (QED) is 0.137. The Morgan fingerprint density at radius 3 is 1.34 bits per heavy atom. The summed E-state index contributed by atoms with van der Waals surface area (Å²) in [7, 11) is -4.06. The van der Waals surface area contributed by atoms with Crippen molar-refractivity contribution in [3.8, 4) is 0 Å². The van der Waals surface area contributed by atoms with Crippen LogP contribution in [-0.4, -0.2) is 29.4 Å². The molecule has 2 atom stereocenters. The zero-order valence-corrected chi connectivity index (χ0v) is 20.2. The molecule has 0 aromatic heterocycles. The van der Waals surface area contributed by atoms with Crippen molar-refractivity contribution < 1.29 is 18.1 Å². The largest absolute Gasteiger partial charge is 0.393 e. The fourth-order valence-corrected chi connectivity index (χ4v) is 4.92. The molecule has 0 aliphatic heterocycles. The lowest BCUT2D eigenvalue weighted by molar-refractivity contribution is 0.147. The van der Waals surface area contributed by atoms with Gasteiger partial charge in [0.05, 0.1) is 11.4 Å². The molecule has 0 saturated heterocycles. The van der Waals surface area contributed by atoms with E-state index in [1.165, 1.54) is 77.0 Å². The molecule has 176 valence electrons. The van der Waals surface area contributed by atoms with Gasteiger partial charge in [0.2, 0.25) is 0 Å². The Morgan fingerprint density at radius 2 is 0.966 bits per heavy atom. The average Bonchev–Trinajstić information content (AvgIpc) is 2.67. The highest BCUT2D eigenvalue weighted by molar-refractivity contribution is 7.86. The van der Waals surface area contributed by atoms with E-state index >= 15 is 0 Å². The van der Waals surface area contributed by atoms with Gasteiger partial charge in [0, 0.05) is 0 Å². The van der Waals surface area contributed by atoms with Crippen molar-refractivity contribution in [3.05, 3.63) is 0 Å². The molecule has 0 bridgehead atoms. The van der Waals surface area contributed by atoms with E-state index in [1.54, 1.807) is 0 Å². The molecular formula is C24H50O4S. The van der Waals surface area contributed by atoms with Gasteiger partial charge in [-0.2, -0.15) is 8.42 Å². The van der Waals surface area contributed by atoms with Crippen LogP contribution in [0.5, 0.6) is 0 Å². The molecule has 2 unspecified atom stereocenters. The predicted octanol–water partition coefficient (Wildman–Crippen LogP) is 7.45. The summed E-state index contributed by atoms with van der Waals surface area (Å²) >= 11 is 0. The highest BCUT2D eigenvalue weighted by Gasteiger charge is 2.25. The van der Waals surface area contributed by atoms with Gasteiger partial charge in [0.25, 0.3) is 10.1 Å². The fraction of sp³-hybridized carbons (Fsp3) is 1.00. The van der Waals surface area contributed by atoms with Crippen molar-refractivity contribution in [1.29, 1.82) is 0 Å². The van der Waals surface area contributed by atoms with E-state index in [4.69, 9.17) is 0 Å². The summed E-state index contributed by atoms with van der Waals surface area (Å²) in [4.78, 5) is 0. The summed E-state index contributed by atoms with van der Waals surface area (Å²) in [6.07, 6.45) is 21.6. The molecule has 0 rings (SSSR count). The lowest BCUT2D eigenvalue weighted by Crippen LogP contribution is -2.26. The molecule has 0 aliphatic rings. The number of aliphatic hydroxyl groups is 1. The van der Waals surface area contributed by atoms with Crippen LogP contribution in [0, 0.1) is 0 Å². The summed E-state index contributed by atoms with van der Waals surface area (Å²) in [5.74, 6) is 0. The monoisotopic (exact) mass is 434 g/mol. The Kier molecular flexibility index (Phi) is 19.7. The smallest absolute Gasteiger partial charge is 0.267 e. The van der Waals surface area contributed by atoms with Crippen LogP contribution in [-0.2, 0) is 10.1 Å². The maximum atomic E-state index is 11.6. The number of aliphatic hydroxyl groups excluding tert-OH is 1. The van der Waals surface area contributed by atoms with Crippen LogP contribution in [0.25, 0.3) is 0 Å². The lowest BCUT2D eigenvalue weighted by atomic mass is 10.0. The predicted molar refractivity (Wildman–Crippen MR) is 125 cm³/mol. The normalized spacial score (nSPS) is 14.2. The number of hydrogen-bond acceptors (Lipinski definition) is 3. The Balaban J connectivity index is 3.58. The van der Waals surface area contributed by atoms with Crippen LogP contribution in [0.4, 0.5) is 0 Å². The first kappa shape index (κ1) is 28.9. The van der Waals surface area contributed by atoms with Crippen LogP contribution in [0.2, 0.25) is 0 Å². The van der Waals surface area contributed by atoms with Gasteiger partial charge in [-0.3, -0.25) is 4.55 Å². The van der Waals surface area contributed by atoms with Crippen molar-refractivity contribution in [2.24, 2.45) is 0 Å². The van der Waals surface area contributed by atoms with Crippen molar-refractivity contribution in [3.63, 3.8) is 0 Å². The molecule has 4 nitrogen and oxygen atoms in total. The highest BCUT2D eigenvalue weighted by atomic mass is 32.2. The molecule has 2 N–H and O–H groups in total. The minimum Gasteiger partial charge on any atom is -0.393 e. The van der Waals surface area contributed by atoms with Gasteiger partial charge in [0.1, 0.15) is 0 Å². The molecule has 0 heterocycles. The van der Waals surface area contributed by atoms with Crippen LogP contribution < -0.4 is 0 Å². The second-order valence-electron chi connectivity index (χ2n) is 8.91. The van der Waals surface area contributed by atoms with E-state index in [9.17, 15) is 18.1 Å². The van der Waals surface area contributed by atoms with Crippen LogP contribution >= 0.6 is 0 Å². The first-order valence-electron chi connectivity index (χ1n) is 12.6. The molecule has 0 fully saturated rings. The number of unbranched alkanes of at least 4 members (excludes halogenated alkanes) is 15. The number of rotatable bonds is 22. The molecule has 5 heteroatoms. The molecule has 0 saturated carbocycles. The van der Waals surface area contributed by atoms with Gasteiger partial charge in [-0.25, -0.2) is 0 Å². The average molecular weight is 435 g/mol. The molecule has 0 amide bonds. The zero-order valence-electron chi connectivity index (χ0n) is 19.4. The summed E-state index contributed by atoms with van der Waals surface area (Å²) in [5.41, 5.74) is 0. The second kappa shape index (κ2) is 19.8. The van der Waals surface area contributed by atoms with Crippen LogP contribution in [0.3, 0.4) is 0 Å². The first-order chi connectivity index (χ1) is 13.9. The van der Waals surface area contributed by atoms with Crippen molar-refractivity contribution in [2.75, 3.05) is 0 Å². The third-order valence-electron chi connectivity index (χ3n) is 5.98. The second-order valence-corrected chi connectivity index (χ2v) is 10.6. The number of hydrogen-bond donors (Lipinski definition) is 2. The van der Waals surface area contributed by atoms with Gasteiger partial charge >= 0.3 is 0 Å². The maximum absolute atomic E-state index is 11.6. The Morgan fingerprint density at radius 1 is 0.586 bits per heavy atom. The van der Waals surface area contributed by atoms with Gasteiger partial charge in [-0.15, -0.1) is 0 Å². The van der Waals surface area contributed by atoms with Gasteiger partial charge < -0.3 is 5.11 Å². The van der Waals surface area contributed by atoms with E-state index < -0.39 is 21.5 Å². The molecule has 0 aromatic rings. The summed E-state index contributed by atoms with van der Waals surface area (Å²) < 4.78 is 32.6. The van der Waals surface area contributed by atoms with Crippen molar-refractivity contribution in [2.45, 2.75) is 154 Å². The first-order valence-corrected chi connectivity index (χ1v) is 14.1. The molecule has 0 radical (unpaired) electrons. The molecule has 0 aromatic carbocycles. The van der Waals surface area contributed by atoms with E-state index in [-0.39, 0.29) is 6.42 Å². The van der Waals surface area contributed by atoms with E-state index in [0.717, 1.165) is 32.1 Å². The summed E-state index contributed by atoms with van der Waals surface area (Å²) in [6, 6.07) is 0. The van der Waals surface area contributed by atoms with Crippen molar-refractivity contribution in [1.82, 2.24) is 0 Å².